The number of pyridine rings is 1. The van der Waals surface area contributed by atoms with E-state index in [1.807, 2.05) is 52.0 Å². The Hall–Kier alpha value is -3.71. The maximum Gasteiger partial charge on any atom is 0.341 e. The number of thiophene rings is 1. The summed E-state index contributed by atoms with van der Waals surface area (Å²) in [6, 6.07) is 12.8. The van der Waals surface area contributed by atoms with Crippen molar-refractivity contribution in [2.45, 2.75) is 34.6 Å². The number of fused-ring (bicyclic) bond motifs is 1. The van der Waals surface area contributed by atoms with E-state index in [4.69, 9.17) is 4.74 Å². The molecule has 0 atom stereocenters. The second-order valence-corrected chi connectivity index (χ2v) is 9.36. The quantitative estimate of drug-likeness (QED) is 0.288. The number of ether oxygens (including phenoxy) is 1. The standard InChI is InChI=1S/C27H26N2O4S/c1-6-33-27(32)23-17(4)18(5)34-24(23)28-14-21-19-9-7-8-10-20(19)25(30)29(26(21)31)22-12-11-15(2)13-16(22)3/h7-14,31H,6H2,1-5H3. The predicted octanol–water partition coefficient (Wildman–Crippen LogP) is 5.92. The largest absolute Gasteiger partial charge is 0.494 e. The van der Waals surface area contributed by atoms with Crippen LogP contribution in [0.4, 0.5) is 5.00 Å². The van der Waals surface area contributed by atoms with E-state index in [1.54, 1.807) is 25.1 Å². The highest BCUT2D eigenvalue weighted by Crippen LogP contribution is 2.36. The van der Waals surface area contributed by atoms with Crippen LogP contribution in [0.3, 0.4) is 0 Å². The summed E-state index contributed by atoms with van der Waals surface area (Å²) in [6.45, 7) is 9.70. The molecule has 0 aliphatic heterocycles. The van der Waals surface area contributed by atoms with Crippen LogP contribution in [0.5, 0.6) is 5.88 Å². The molecule has 0 aliphatic carbocycles. The van der Waals surface area contributed by atoms with Gasteiger partial charge in [-0.3, -0.25) is 4.79 Å². The van der Waals surface area contributed by atoms with Crippen molar-refractivity contribution in [3.05, 3.63) is 85.5 Å². The number of aryl methyl sites for hydroxylation is 3. The molecule has 0 unspecified atom stereocenters. The monoisotopic (exact) mass is 474 g/mol. The van der Waals surface area contributed by atoms with Gasteiger partial charge < -0.3 is 9.84 Å². The number of nitrogens with zero attached hydrogens (tertiary/aromatic N) is 2. The molecule has 7 heteroatoms. The molecule has 2 aromatic carbocycles. The van der Waals surface area contributed by atoms with Gasteiger partial charge >= 0.3 is 5.97 Å². The third-order valence-electron chi connectivity index (χ3n) is 5.85. The van der Waals surface area contributed by atoms with Crippen LogP contribution in [0.1, 0.15) is 44.4 Å². The summed E-state index contributed by atoms with van der Waals surface area (Å²) in [5.41, 5.74) is 3.86. The van der Waals surface area contributed by atoms with E-state index < -0.39 is 5.97 Å². The van der Waals surface area contributed by atoms with E-state index in [2.05, 4.69) is 4.99 Å². The van der Waals surface area contributed by atoms with Crippen molar-refractivity contribution in [2.75, 3.05) is 6.61 Å². The van der Waals surface area contributed by atoms with Gasteiger partial charge in [0.15, 0.2) is 0 Å². The fourth-order valence-electron chi connectivity index (χ4n) is 4.04. The third-order valence-corrected chi connectivity index (χ3v) is 6.97. The van der Waals surface area contributed by atoms with Crippen molar-refractivity contribution in [1.82, 2.24) is 4.57 Å². The van der Waals surface area contributed by atoms with Gasteiger partial charge in [-0.15, -0.1) is 11.3 Å². The van der Waals surface area contributed by atoms with Crippen LogP contribution in [0.15, 0.2) is 52.3 Å². The highest BCUT2D eigenvalue weighted by Gasteiger charge is 2.21. The first kappa shape index (κ1) is 23.4. The molecule has 4 rings (SSSR count). The number of aliphatic imine (C=N–C) groups is 1. The van der Waals surface area contributed by atoms with Crippen molar-refractivity contribution >= 4 is 39.3 Å². The van der Waals surface area contributed by atoms with Crippen molar-refractivity contribution in [2.24, 2.45) is 4.99 Å². The van der Waals surface area contributed by atoms with Gasteiger partial charge in [0.05, 0.1) is 23.4 Å². The molecule has 2 aromatic heterocycles. The van der Waals surface area contributed by atoms with Crippen molar-refractivity contribution in [3.8, 4) is 11.6 Å². The lowest BCUT2D eigenvalue weighted by Crippen LogP contribution is -2.21. The molecule has 0 saturated carbocycles. The lowest BCUT2D eigenvalue weighted by molar-refractivity contribution is 0.0527. The number of rotatable bonds is 5. The fraction of sp³-hybridized carbons (Fsp3) is 0.222. The number of hydrogen-bond donors (Lipinski definition) is 1. The zero-order valence-corrected chi connectivity index (χ0v) is 20.6. The first-order valence-electron chi connectivity index (χ1n) is 11.0. The maximum atomic E-state index is 13.4. The van der Waals surface area contributed by atoms with Gasteiger partial charge in [0, 0.05) is 21.9 Å². The van der Waals surface area contributed by atoms with E-state index in [0.717, 1.165) is 21.6 Å². The predicted molar refractivity (Wildman–Crippen MR) is 138 cm³/mol. The molecule has 174 valence electrons. The molecule has 0 fully saturated rings. The zero-order valence-electron chi connectivity index (χ0n) is 19.8. The van der Waals surface area contributed by atoms with Gasteiger partial charge in [0.1, 0.15) is 5.00 Å². The Kier molecular flexibility index (Phi) is 6.39. The summed E-state index contributed by atoms with van der Waals surface area (Å²) in [7, 11) is 0. The van der Waals surface area contributed by atoms with Gasteiger partial charge in [0.25, 0.3) is 5.56 Å². The van der Waals surface area contributed by atoms with Crippen LogP contribution in [0.25, 0.3) is 16.5 Å². The number of aromatic nitrogens is 1. The van der Waals surface area contributed by atoms with Crippen molar-refractivity contribution in [3.63, 3.8) is 0 Å². The minimum atomic E-state index is -0.425. The summed E-state index contributed by atoms with van der Waals surface area (Å²) < 4.78 is 6.54. The molecule has 2 heterocycles. The SMILES string of the molecule is CCOC(=O)c1c(N=Cc2c(O)n(-c3ccc(C)cc3C)c(=O)c3ccccc23)sc(C)c1C. The molecule has 0 radical (unpaired) electrons. The summed E-state index contributed by atoms with van der Waals surface area (Å²) in [5.74, 6) is -0.632. The van der Waals surface area contributed by atoms with Gasteiger partial charge in [-0.05, 0) is 57.9 Å². The first-order valence-corrected chi connectivity index (χ1v) is 11.8. The Labute approximate surface area is 201 Å². The first-order chi connectivity index (χ1) is 16.2. The van der Waals surface area contributed by atoms with Crippen LogP contribution in [-0.2, 0) is 4.74 Å². The Balaban J connectivity index is 1.96. The molecular weight excluding hydrogens is 448 g/mol. The summed E-state index contributed by atoms with van der Waals surface area (Å²) in [5, 5.41) is 12.8. The molecule has 1 N–H and O–H groups in total. The molecule has 0 saturated heterocycles. The minimum absolute atomic E-state index is 0.206. The Bertz CT molecular complexity index is 1510. The molecule has 0 aliphatic rings. The second-order valence-electron chi connectivity index (χ2n) is 8.16. The summed E-state index contributed by atoms with van der Waals surface area (Å²) in [4.78, 5) is 31.5. The van der Waals surface area contributed by atoms with E-state index in [1.165, 1.54) is 22.1 Å². The van der Waals surface area contributed by atoms with Crippen LogP contribution in [0.2, 0.25) is 0 Å². The lowest BCUT2D eigenvalue weighted by Gasteiger charge is -2.16. The molecule has 0 bridgehead atoms. The number of aromatic hydroxyl groups is 1. The molecule has 34 heavy (non-hydrogen) atoms. The van der Waals surface area contributed by atoms with E-state index >= 15 is 0 Å². The fourth-order valence-corrected chi connectivity index (χ4v) is 5.02. The number of esters is 1. The Morgan fingerprint density at radius 2 is 1.82 bits per heavy atom. The number of hydrogen-bond acceptors (Lipinski definition) is 6. The Morgan fingerprint density at radius 1 is 1.12 bits per heavy atom. The zero-order chi connectivity index (χ0) is 24.6. The highest BCUT2D eigenvalue weighted by molar-refractivity contribution is 7.16. The topological polar surface area (TPSA) is 80.9 Å². The second kappa shape index (κ2) is 9.27. The highest BCUT2D eigenvalue weighted by atomic mass is 32.1. The smallest absolute Gasteiger partial charge is 0.341 e. The van der Waals surface area contributed by atoms with Gasteiger partial charge in [-0.2, -0.15) is 0 Å². The van der Waals surface area contributed by atoms with Crippen LogP contribution >= 0.6 is 11.3 Å². The average molecular weight is 475 g/mol. The molecule has 6 nitrogen and oxygen atoms in total. The number of benzene rings is 2. The molecule has 0 spiro atoms. The van der Waals surface area contributed by atoms with E-state index in [-0.39, 0.29) is 18.0 Å². The van der Waals surface area contributed by atoms with E-state index in [9.17, 15) is 14.7 Å². The lowest BCUT2D eigenvalue weighted by atomic mass is 10.1. The summed E-state index contributed by atoms with van der Waals surface area (Å²) >= 11 is 1.38. The van der Waals surface area contributed by atoms with Crippen LogP contribution in [0, 0.1) is 27.7 Å². The van der Waals surface area contributed by atoms with Crippen LogP contribution in [-0.4, -0.2) is 28.5 Å². The van der Waals surface area contributed by atoms with E-state index in [0.29, 0.717) is 32.6 Å². The maximum absolute atomic E-state index is 13.4. The average Bonchev–Trinajstić information content (AvgIpc) is 3.08. The van der Waals surface area contributed by atoms with Gasteiger partial charge in [-0.1, -0.05) is 35.9 Å². The third kappa shape index (κ3) is 4.03. The van der Waals surface area contributed by atoms with Crippen molar-refractivity contribution < 1.29 is 14.6 Å². The Morgan fingerprint density at radius 3 is 2.50 bits per heavy atom. The normalized spacial score (nSPS) is 11.4. The minimum Gasteiger partial charge on any atom is -0.494 e. The van der Waals surface area contributed by atoms with Gasteiger partial charge in [-0.25, -0.2) is 14.4 Å². The van der Waals surface area contributed by atoms with Crippen LogP contribution < -0.4 is 5.56 Å². The molecular formula is C27H26N2O4S. The summed E-state index contributed by atoms with van der Waals surface area (Å²) in [6.07, 6.45) is 1.52. The number of carbonyl (C=O) groups is 1. The number of carbonyl (C=O) groups excluding carboxylic acids is 1. The van der Waals surface area contributed by atoms with Crippen molar-refractivity contribution in [1.29, 1.82) is 0 Å². The molecule has 0 amide bonds. The molecule has 4 aromatic rings. The van der Waals surface area contributed by atoms with Gasteiger partial charge in [0.2, 0.25) is 5.88 Å².